The first-order chi connectivity index (χ1) is 17.9. The number of anilines is 2. The maximum Gasteiger partial charge on any atom is 0.230 e. The summed E-state index contributed by atoms with van der Waals surface area (Å²) in [5.41, 5.74) is 2.04. The number of carbonyl (C=O) groups is 2. The van der Waals surface area contributed by atoms with Crippen molar-refractivity contribution in [3.8, 4) is 11.1 Å². The van der Waals surface area contributed by atoms with E-state index in [-0.39, 0.29) is 46.4 Å². The zero-order valence-corrected chi connectivity index (χ0v) is 22.5. The van der Waals surface area contributed by atoms with E-state index in [1.807, 2.05) is 0 Å². The van der Waals surface area contributed by atoms with Crippen LogP contribution in [0.3, 0.4) is 0 Å². The minimum Gasteiger partial charge on any atom is -0.312 e. The smallest absolute Gasteiger partial charge is 0.230 e. The lowest BCUT2D eigenvalue weighted by Crippen LogP contribution is -2.42. The van der Waals surface area contributed by atoms with Crippen LogP contribution in [0, 0.1) is 24.5 Å². The van der Waals surface area contributed by atoms with Crippen LogP contribution in [0.25, 0.3) is 11.1 Å². The highest BCUT2D eigenvalue weighted by molar-refractivity contribution is 7.92. The number of piperidine rings is 1. The van der Waals surface area contributed by atoms with Crippen molar-refractivity contribution in [2.45, 2.75) is 32.6 Å². The van der Waals surface area contributed by atoms with Crippen LogP contribution in [0.4, 0.5) is 20.2 Å². The van der Waals surface area contributed by atoms with Gasteiger partial charge in [0, 0.05) is 47.1 Å². The number of nitrogens with zero attached hydrogens (tertiary/aromatic N) is 1. The second-order valence-electron chi connectivity index (χ2n) is 9.52. The van der Waals surface area contributed by atoms with Crippen LogP contribution in [0.1, 0.15) is 30.4 Å². The Morgan fingerprint density at radius 2 is 1.82 bits per heavy atom. The van der Waals surface area contributed by atoms with Gasteiger partial charge in [-0.1, -0.05) is 35.9 Å². The van der Waals surface area contributed by atoms with Gasteiger partial charge in [0.05, 0.1) is 11.9 Å². The van der Waals surface area contributed by atoms with Crippen molar-refractivity contribution in [1.82, 2.24) is 0 Å². The molecule has 10 heteroatoms. The molecule has 0 aliphatic carbocycles. The molecule has 200 valence electrons. The normalized spacial score (nSPS) is 16.0. The predicted octanol–water partition coefficient (Wildman–Crippen LogP) is 5.91. The predicted molar refractivity (Wildman–Crippen MR) is 145 cm³/mol. The largest absolute Gasteiger partial charge is 0.312 e. The minimum atomic E-state index is -3.58. The van der Waals surface area contributed by atoms with Gasteiger partial charge in [-0.25, -0.2) is 17.2 Å². The molecule has 1 heterocycles. The van der Waals surface area contributed by atoms with E-state index in [4.69, 9.17) is 11.6 Å². The van der Waals surface area contributed by atoms with Crippen molar-refractivity contribution in [3.05, 3.63) is 82.4 Å². The quantitative estimate of drug-likeness (QED) is 0.371. The second-order valence-corrected chi connectivity index (χ2v) is 11.7. The maximum absolute atomic E-state index is 15.4. The van der Waals surface area contributed by atoms with E-state index in [0.29, 0.717) is 36.2 Å². The summed E-state index contributed by atoms with van der Waals surface area (Å²) >= 11 is 5.77. The molecule has 3 aromatic rings. The highest BCUT2D eigenvalue weighted by Gasteiger charge is 2.32. The summed E-state index contributed by atoms with van der Waals surface area (Å²) in [5.74, 6) is -2.32. The third kappa shape index (κ3) is 6.39. The van der Waals surface area contributed by atoms with Crippen LogP contribution in [-0.4, -0.2) is 32.9 Å². The topological polar surface area (TPSA) is 83.6 Å². The van der Waals surface area contributed by atoms with E-state index in [2.05, 4.69) is 4.72 Å². The molecule has 3 aromatic carbocycles. The van der Waals surface area contributed by atoms with E-state index >= 15 is 4.39 Å². The highest BCUT2D eigenvalue weighted by Crippen LogP contribution is 2.36. The number of aryl methyl sites for hydroxylation is 1. The summed E-state index contributed by atoms with van der Waals surface area (Å²) in [7, 11) is -3.58. The first kappa shape index (κ1) is 27.7. The lowest BCUT2D eigenvalue weighted by Gasteiger charge is -2.33. The molecule has 0 radical (unpaired) electrons. The van der Waals surface area contributed by atoms with Crippen molar-refractivity contribution in [1.29, 1.82) is 0 Å². The number of hydrogen-bond donors (Lipinski definition) is 1. The molecule has 0 saturated carbocycles. The van der Waals surface area contributed by atoms with E-state index < -0.39 is 27.6 Å². The van der Waals surface area contributed by atoms with E-state index in [1.54, 1.807) is 37.3 Å². The first-order valence-corrected chi connectivity index (χ1v) is 14.3. The molecular weight excluding hydrogens is 534 g/mol. The van der Waals surface area contributed by atoms with Gasteiger partial charge in [0.15, 0.2) is 0 Å². The number of Topliss-reactive ketones (excluding diaryl/α,β-unsaturated/α-hetero) is 1. The van der Waals surface area contributed by atoms with Crippen LogP contribution in [0.2, 0.25) is 5.02 Å². The van der Waals surface area contributed by atoms with Crippen LogP contribution < -0.4 is 9.62 Å². The van der Waals surface area contributed by atoms with E-state index in [1.165, 1.54) is 23.1 Å². The molecule has 1 amide bonds. The number of rotatable bonds is 8. The standard InChI is InChI=1S/C28H27ClF2N2O4S/c1-17-12-23(22-7-3-4-8-26(22)32-38(2,36)37)25(31)16-27(17)33-11-5-6-19(28(33)35)14-21(34)13-18-9-10-20(29)15-24(18)30/h3-4,7-10,12,15-16,19,32H,5-6,11,13-14H2,1-2H3/t19-/m0/s1. The summed E-state index contributed by atoms with van der Waals surface area (Å²) in [6.07, 6.45) is 1.97. The lowest BCUT2D eigenvalue weighted by atomic mass is 9.89. The number of nitrogens with one attached hydrogen (secondary N) is 1. The lowest BCUT2D eigenvalue weighted by molar-refractivity contribution is -0.128. The number of hydrogen-bond acceptors (Lipinski definition) is 4. The summed E-state index contributed by atoms with van der Waals surface area (Å²) in [5, 5.41) is 0.237. The molecule has 1 fully saturated rings. The van der Waals surface area contributed by atoms with Gasteiger partial charge < -0.3 is 4.90 Å². The fourth-order valence-electron chi connectivity index (χ4n) is 4.78. The third-order valence-electron chi connectivity index (χ3n) is 6.52. The number of para-hydroxylation sites is 1. The van der Waals surface area contributed by atoms with Gasteiger partial charge in [0.2, 0.25) is 15.9 Å². The van der Waals surface area contributed by atoms with Crippen molar-refractivity contribution in [2.75, 3.05) is 22.4 Å². The summed E-state index contributed by atoms with van der Waals surface area (Å²) < 4.78 is 55.5. The number of sulfonamides is 1. The zero-order valence-electron chi connectivity index (χ0n) is 20.9. The number of halogens is 3. The molecule has 0 spiro atoms. The van der Waals surface area contributed by atoms with Crippen molar-refractivity contribution in [3.63, 3.8) is 0 Å². The number of ketones is 1. The molecular formula is C28H27ClF2N2O4S. The van der Waals surface area contributed by atoms with Gasteiger partial charge in [-0.3, -0.25) is 14.3 Å². The summed E-state index contributed by atoms with van der Waals surface area (Å²) in [4.78, 5) is 27.5. The first-order valence-electron chi connectivity index (χ1n) is 12.1. The van der Waals surface area contributed by atoms with Crippen LogP contribution in [-0.2, 0) is 26.0 Å². The van der Waals surface area contributed by atoms with Crippen molar-refractivity contribution < 1.29 is 26.8 Å². The van der Waals surface area contributed by atoms with Gasteiger partial charge in [-0.2, -0.15) is 0 Å². The Hall–Kier alpha value is -3.30. The number of carbonyl (C=O) groups excluding carboxylic acids is 2. The molecule has 4 rings (SSSR count). The van der Waals surface area contributed by atoms with Crippen LogP contribution in [0.5, 0.6) is 0 Å². The number of amides is 1. The molecule has 38 heavy (non-hydrogen) atoms. The molecule has 1 atom stereocenters. The fraction of sp³-hybridized carbons (Fsp3) is 0.286. The molecule has 1 saturated heterocycles. The van der Waals surface area contributed by atoms with E-state index in [9.17, 15) is 22.4 Å². The fourth-order valence-corrected chi connectivity index (χ4v) is 5.51. The van der Waals surface area contributed by atoms with E-state index in [0.717, 1.165) is 12.3 Å². The van der Waals surface area contributed by atoms with Gasteiger partial charge in [-0.15, -0.1) is 0 Å². The Balaban J connectivity index is 1.55. The molecule has 6 nitrogen and oxygen atoms in total. The highest BCUT2D eigenvalue weighted by atomic mass is 35.5. The molecule has 1 aliphatic heterocycles. The summed E-state index contributed by atoms with van der Waals surface area (Å²) in [6.45, 7) is 2.12. The Bertz CT molecular complexity index is 1510. The Kier molecular flexibility index (Phi) is 8.18. The molecule has 0 unspecified atom stereocenters. The van der Waals surface area contributed by atoms with Crippen molar-refractivity contribution in [2.24, 2.45) is 5.92 Å². The monoisotopic (exact) mass is 560 g/mol. The Labute approximate surface area is 225 Å². The van der Waals surface area contributed by atoms with Crippen LogP contribution in [0.15, 0.2) is 54.6 Å². The average molecular weight is 561 g/mol. The number of benzene rings is 3. The molecule has 0 bridgehead atoms. The minimum absolute atomic E-state index is 0.0401. The molecule has 0 aromatic heterocycles. The Morgan fingerprint density at radius 1 is 1.08 bits per heavy atom. The third-order valence-corrected chi connectivity index (χ3v) is 7.34. The van der Waals surface area contributed by atoms with Gasteiger partial charge in [0.25, 0.3) is 0 Å². The van der Waals surface area contributed by atoms with Gasteiger partial charge in [0.1, 0.15) is 17.4 Å². The SMILES string of the molecule is Cc1cc(-c2ccccc2NS(C)(=O)=O)c(F)cc1N1CCC[C@@H](CC(=O)Cc2ccc(Cl)cc2F)C1=O. The average Bonchev–Trinajstić information content (AvgIpc) is 2.83. The zero-order chi connectivity index (χ0) is 27.6. The molecule has 1 N–H and O–H groups in total. The van der Waals surface area contributed by atoms with Crippen LogP contribution >= 0.6 is 11.6 Å². The Morgan fingerprint density at radius 3 is 2.53 bits per heavy atom. The van der Waals surface area contributed by atoms with Gasteiger partial charge in [-0.05, 0) is 61.2 Å². The second kappa shape index (κ2) is 11.2. The summed E-state index contributed by atoms with van der Waals surface area (Å²) in [6, 6.07) is 13.5. The van der Waals surface area contributed by atoms with Crippen molar-refractivity contribution >= 4 is 44.7 Å². The maximum atomic E-state index is 15.4. The van der Waals surface area contributed by atoms with Gasteiger partial charge >= 0.3 is 0 Å². The molecule has 1 aliphatic rings.